The zero-order chi connectivity index (χ0) is 25.1. The first kappa shape index (κ1) is 26.3. The van der Waals surface area contributed by atoms with Crippen LogP contribution < -0.4 is 20.1 Å². The van der Waals surface area contributed by atoms with Crippen LogP contribution in [0, 0.1) is 0 Å². The maximum atomic E-state index is 12.8. The third kappa shape index (κ3) is 8.18. The summed E-state index contributed by atoms with van der Waals surface area (Å²) in [5.74, 6) is -1.40. The number of hydrogen-bond acceptors (Lipinski definition) is 9. The molecule has 0 aromatic heterocycles. The number of para-hydroxylation sites is 1. The fourth-order valence-electron chi connectivity index (χ4n) is 2.42. The molecule has 0 aliphatic heterocycles. The Morgan fingerprint density at radius 2 is 1.74 bits per heavy atom. The standard InChI is InChI=1S/C21H24N4O8S/c1-4-32-13-19(27)24-20(25-21(28)31-3)23-18-12-16(10-11-17(18)22-14(2)26)34(29,30)33-15-8-6-5-7-9-15/h5-12H,4,13H2,1-3H3,(H,22,26)(H2,23,24,25,27,28). The minimum atomic E-state index is -4.28. The lowest BCUT2D eigenvalue weighted by Gasteiger charge is -2.13. The highest BCUT2D eigenvalue weighted by Gasteiger charge is 2.20. The Bertz CT molecular complexity index is 1170. The minimum absolute atomic E-state index is 0.0923. The van der Waals surface area contributed by atoms with Gasteiger partial charge in [-0.2, -0.15) is 8.42 Å². The number of guanidine groups is 1. The summed E-state index contributed by atoms with van der Waals surface area (Å²) >= 11 is 0. The van der Waals surface area contributed by atoms with Gasteiger partial charge in [-0.1, -0.05) is 18.2 Å². The average molecular weight is 493 g/mol. The van der Waals surface area contributed by atoms with Gasteiger partial charge in [0.25, 0.3) is 5.91 Å². The average Bonchev–Trinajstić information content (AvgIpc) is 2.78. The molecule has 13 heteroatoms. The lowest BCUT2D eigenvalue weighted by Crippen LogP contribution is -2.45. The minimum Gasteiger partial charge on any atom is -0.453 e. The zero-order valence-electron chi connectivity index (χ0n) is 18.7. The number of methoxy groups -OCH3 is 1. The van der Waals surface area contributed by atoms with Crippen molar-refractivity contribution in [3.8, 4) is 5.75 Å². The molecule has 0 saturated carbocycles. The first-order chi connectivity index (χ1) is 16.1. The summed E-state index contributed by atoms with van der Waals surface area (Å²) in [7, 11) is -3.18. The molecular formula is C21H24N4O8S. The third-order valence-electron chi connectivity index (χ3n) is 3.85. The molecule has 12 nitrogen and oxygen atoms in total. The molecular weight excluding hydrogens is 468 g/mol. The van der Waals surface area contributed by atoms with Gasteiger partial charge in [0.1, 0.15) is 17.3 Å². The molecule has 3 N–H and O–H groups in total. The van der Waals surface area contributed by atoms with E-state index in [1.807, 2.05) is 0 Å². The number of alkyl carbamates (subject to hydrolysis) is 1. The van der Waals surface area contributed by atoms with E-state index in [9.17, 15) is 22.8 Å². The van der Waals surface area contributed by atoms with Crippen molar-refractivity contribution in [1.82, 2.24) is 10.6 Å². The molecule has 2 aromatic carbocycles. The number of rotatable bonds is 8. The van der Waals surface area contributed by atoms with E-state index in [0.717, 1.165) is 13.2 Å². The van der Waals surface area contributed by atoms with E-state index in [1.165, 1.54) is 31.2 Å². The van der Waals surface area contributed by atoms with Crippen LogP contribution in [-0.4, -0.2) is 52.6 Å². The molecule has 0 bridgehead atoms. The Morgan fingerprint density at radius 1 is 1.03 bits per heavy atom. The van der Waals surface area contributed by atoms with Gasteiger partial charge in [0.05, 0.1) is 18.5 Å². The van der Waals surface area contributed by atoms with Gasteiger partial charge in [0.15, 0.2) is 0 Å². The predicted octanol–water partition coefficient (Wildman–Crippen LogP) is 1.91. The van der Waals surface area contributed by atoms with E-state index in [4.69, 9.17) is 8.92 Å². The second kappa shape index (κ2) is 12.3. The number of aliphatic imine (C=N–C) groups is 1. The van der Waals surface area contributed by atoms with Crippen molar-refractivity contribution in [3.63, 3.8) is 0 Å². The molecule has 2 rings (SSSR count). The van der Waals surface area contributed by atoms with Crippen LogP contribution >= 0.6 is 0 Å². The van der Waals surface area contributed by atoms with E-state index in [-0.39, 0.29) is 41.2 Å². The van der Waals surface area contributed by atoms with Gasteiger partial charge in [0, 0.05) is 13.5 Å². The second-order valence-electron chi connectivity index (χ2n) is 6.47. The third-order valence-corrected chi connectivity index (χ3v) is 5.09. The Labute approximate surface area is 196 Å². The number of ether oxygens (including phenoxy) is 2. The largest absolute Gasteiger partial charge is 0.453 e. The number of anilines is 1. The fourth-order valence-corrected chi connectivity index (χ4v) is 3.38. The van der Waals surface area contributed by atoms with Gasteiger partial charge < -0.3 is 19.0 Å². The number of hydrogen-bond donors (Lipinski definition) is 3. The number of carbonyl (C=O) groups excluding carboxylic acids is 3. The lowest BCUT2D eigenvalue weighted by atomic mass is 10.2. The number of benzene rings is 2. The molecule has 0 radical (unpaired) electrons. The second-order valence-corrected chi connectivity index (χ2v) is 8.02. The van der Waals surface area contributed by atoms with Crippen molar-refractivity contribution < 1.29 is 36.5 Å². The topological polar surface area (TPSA) is 161 Å². The number of carbonyl (C=O) groups is 3. The molecule has 0 saturated heterocycles. The van der Waals surface area contributed by atoms with E-state index in [1.54, 1.807) is 25.1 Å². The Morgan fingerprint density at radius 3 is 2.35 bits per heavy atom. The summed E-state index contributed by atoms with van der Waals surface area (Å²) in [4.78, 5) is 39.2. The number of nitrogens with one attached hydrogen (secondary N) is 3. The van der Waals surface area contributed by atoms with Crippen molar-refractivity contribution in [2.45, 2.75) is 18.7 Å². The molecule has 0 aliphatic rings. The van der Waals surface area contributed by atoms with Crippen molar-refractivity contribution in [1.29, 1.82) is 0 Å². The Kier molecular flexibility index (Phi) is 9.52. The summed E-state index contributed by atoms with van der Waals surface area (Å²) in [6.07, 6.45) is -0.951. The summed E-state index contributed by atoms with van der Waals surface area (Å²) in [5.41, 5.74) is 0.00503. The maximum absolute atomic E-state index is 12.8. The van der Waals surface area contributed by atoms with E-state index < -0.39 is 28.0 Å². The molecule has 0 spiro atoms. The van der Waals surface area contributed by atoms with Crippen LogP contribution in [0.5, 0.6) is 5.75 Å². The van der Waals surface area contributed by atoms with Crippen LogP contribution in [0.4, 0.5) is 16.2 Å². The van der Waals surface area contributed by atoms with Crippen LogP contribution in [0.25, 0.3) is 0 Å². The van der Waals surface area contributed by atoms with Gasteiger partial charge in [-0.05, 0) is 37.3 Å². The van der Waals surface area contributed by atoms with E-state index in [2.05, 4.69) is 25.7 Å². The van der Waals surface area contributed by atoms with Gasteiger partial charge >= 0.3 is 16.2 Å². The number of amides is 3. The first-order valence-corrected chi connectivity index (χ1v) is 11.3. The highest BCUT2D eigenvalue weighted by atomic mass is 32.2. The Balaban J connectivity index is 2.50. The normalized spacial score (nSPS) is 11.3. The van der Waals surface area contributed by atoms with Crippen molar-refractivity contribution in [3.05, 3.63) is 48.5 Å². The summed E-state index contributed by atoms with van der Waals surface area (Å²) < 4.78 is 40.2. The van der Waals surface area contributed by atoms with Crippen LogP contribution in [-0.2, 0) is 29.2 Å². The summed E-state index contributed by atoms with van der Waals surface area (Å²) in [6.45, 7) is 2.89. The quantitative estimate of drug-likeness (QED) is 0.286. The zero-order valence-corrected chi connectivity index (χ0v) is 19.5. The lowest BCUT2D eigenvalue weighted by molar-refractivity contribution is -0.124. The molecule has 2 aromatic rings. The molecule has 182 valence electrons. The molecule has 0 unspecified atom stereocenters. The van der Waals surface area contributed by atoms with Crippen LogP contribution in [0.15, 0.2) is 58.4 Å². The summed E-state index contributed by atoms with van der Waals surface area (Å²) in [6, 6.07) is 11.5. The van der Waals surface area contributed by atoms with Gasteiger partial charge in [-0.3, -0.25) is 20.2 Å². The monoisotopic (exact) mass is 492 g/mol. The predicted molar refractivity (Wildman–Crippen MR) is 122 cm³/mol. The highest BCUT2D eigenvalue weighted by molar-refractivity contribution is 7.87. The van der Waals surface area contributed by atoms with Crippen LogP contribution in [0.1, 0.15) is 13.8 Å². The summed E-state index contributed by atoms with van der Waals surface area (Å²) in [5, 5.41) is 7.03. The molecule has 3 amide bonds. The first-order valence-electron chi connectivity index (χ1n) is 9.87. The smallest absolute Gasteiger partial charge is 0.413 e. The number of nitrogens with zero attached hydrogens (tertiary/aromatic N) is 1. The molecule has 0 atom stereocenters. The van der Waals surface area contributed by atoms with Gasteiger partial charge in [0.2, 0.25) is 11.9 Å². The Hall–Kier alpha value is -3.97. The molecule has 34 heavy (non-hydrogen) atoms. The van der Waals surface area contributed by atoms with E-state index in [0.29, 0.717) is 0 Å². The van der Waals surface area contributed by atoms with Crippen molar-refractivity contribution in [2.75, 3.05) is 25.6 Å². The van der Waals surface area contributed by atoms with Crippen molar-refractivity contribution in [2.24, 2.45) is 4.99 Å². The SMILES string of the molecule is CCOCC(=O)NC(=Nc1cc(S(=O)(=O)Oc2ccccc2)ccc1NC(C)=O)NC(=O)OC. The van der Waals surface area contributed by atoms with Crippen molar-refractivity contribution >= 4 is 45.4 Å². The molecule has 0 fully saturated rings. The van der Waals surface area contributed by atoms with Gasteiger partial charge in [-0.25, -0.2) is 9.79 Å². The van der Waals surface area contributed by atoms with Crippen LogP contribution in [0.2, 0.25) is 0 Å². The molecule has 0 heterocycles. The van der Waals surface area contributed by atoms with Crippen LogP contribution in [0.3, 0.4) is 0 Å². The van der Waals surface area contributed by atoms with E-state index >= 15 is 0 Å². The molecule has 0 aliphatic carbocycles. The maximum Gasteiger partial charge on any atom is 0.413 e. The highest BCUT2D eigenvalue weighted by Crippen LogP contribution is 2.30. The van der Waals surface area contributed by atoms with Gasteiger partial charge in [-0.15, -0.1) is 0 Å². The fraction of sp³-hybridized carbons (Fsp3) is 0.238.